The topological polar surface area (TPSA) is 29.5 Å². The van der Waals surface area contributed by atoms with E-state index in [1.807, 2.05) is 6.08 Å². The number of methoxy groups -OCH3 is 1. The van der Waals surface area contributed by atoms with Gasteiger partial charge in [-0.25, -0.2) is 4.79 Å². The largest absolute Gasteiger partial charge is 0.453 e. The maximum absolute atomic E-state index is 10.9. The first kappa shape index (κ1) is 7.85. The van der Waals surface area contributed by atoms with Crippen LogP contribution < -0.4 is 0 Å². The van der Waals surface area contributed by atoms with Crippen LogP contribution in [-0.4, -0.2) is 31.2 Å². The number of carbonyl (C=O) groups is 1. The third-order valence-electron chi connectivity index (χ3n) is 1.64. The molecule has 0 bridgehead atoms. The second-order valence-corrected chi connectivity index (χ2v) is 2.33. The average molecular weight is 153 g/mol. The van der Waals surface area contributed by atoms with E-state index in [1.54, 1.807) is 11.0 Å². The Morgan fingerprint density at radius 2 is 2.64 bits per heavy atom. The summed E-state index contributed by atoms with van der Waals surface area (Å²) in [6.07, 6.45) is 3.44. The highest BCUT2D eigenvalue weighted by Crippen LogP contribution is 2.09. The first-order valence-electron chi connectivity index (χ1n) is 3.42. The summed E-state index contributed by atoms with van der Waals surface area (Å²) >= 11 is 0. The van der Waals surface area contributed by atoms with E-state index in [0.29, 0.717) is 13.1 Å². The summed E-state index contributed by atoms with van der Waals surface area (Å²) in [4.78, 5) is 12.5. The van der Waals surface area contributed by atoms with Crippen molar-refractivity contribution in [1.29, 1.82) is 0 Å². The second kappa shape index (κ2) is 3.23. The Hall–Kier alpha value is -1.25. The van der Waals surface area contributed by atoms with Crippen LogP contribution in [0.2, 0.25) is 0 Å². The Kier molecular flexibility index (Phi) is 2.31. The van der Waals surface area contributed by atoms with Gasteiger partial charge in [0.15, 0.2) is 0 Å². The van der Waals surface area contributed by atoms with Gasteiger partial charge in [0, 0.05) is 13.1 Å². The summed E-state index contributed by atoms with van der Waals surface area (Å²) in [6, 6.07) is 0. The van der Waals surface area contributed by atoms with Gasteiger partial charge in [-0.05, 0) is 5.57 Å². The monoisotopic (exact) mass is 153 g/mol. The highest BCUT2D eigenvalue weighted by Gasteiger charge is 2.17. The van der Waals surface area contributed by atoms with Crippen LogP contribution in [0.1, 0.15) is 0 Å². The molecule has 1 rings (SSSR count). The number of nitrogens with zero attached hydrogens (tertiary/aromatic N) is 1. The highest BCUT2D eigenvalue weighted by molar-refractivity contribution is 5.69. The molecule has 0 saturated carbocycles. The van der Waals surface area contributed by atoms with Gasteiger partial charge in [0.25, 0.3) is 0 Å². The van der Waals surface area contributed by atoms with Gasteiger partial charge in [0.05, 0.1) is 7.11 Å². The molecule has 0 radical (unpaired) electrons. The van der Waals surface area contributed by atoms with Crippen molar-refractivity contribution in [2.75, 3.05) is 20.2 Å². The fraction of sp³-hybridized carbons (Fsp3) is 0.375. The minimum absolute atomic E-state index is 0.280. The molecule has 60 valence electrons. The van der Waals surface area contributed by atoms with Crippen LogP contribution in [0.4, 0.5) is 4.79 Å². The smallest absolute Gasteiger partial charge is 0.410 e. The van der Waals surface area contributed by atoms with Gasteiger partial charge < -0.3 is 9.64 Å². The lowest BCUT2D eigenvalue weighted by Crippen LogP contribution is -2.28. The Morgan fingerprint density at radius 1 is 1.91 bits per heavy atom. The van der Waals surface area contributed by atoms with Gasteiger partial charge in [-0.3, -0.25) is 0 Å². The molecule has 0 aromatic rings. The van der Waals surface area contributed by atoms with Crippen molar-refractivity contribution in [3.05, 3.63) is 24.3 Å². The summed E-state index contributed by atoms with van der Waals surface area (Å²) in [5, 5.41) is 0. The molecule has 1 aliphatic heterocycles. The van der Waals surface area contributed by atoms with E-state index < -0.39 is 0 Å². The van der Waals surface area contributed by atoms with Crippen LogP contribution >= 0.6 is 0 Å². The molecule has 1 heterocycles. The highest BCUT2D eigenvalue weighted by atomic mass is 16.5. The standard InChI is InChI=1S/C8H11NO2/c1-3-7-4-5-9(6-7)8(10)11-2/h3-4H,1,5-6H2,2H3. The van der Waals surface area contributed by atoms with E-state index in [2.05, 4.69) is 11.3 Å². The van der Waals surface area contributed by atoms with Crippen LogP contribution in [0.15, 0.2) is 24.3 Å². The molecule has 0 spiro atoms. The Labute approximate surface area is 65.9 Å². The number of amides is 1. The lowest BCUT2D eigenvalue weighted by molar-refractivity contribution is 0.134. The predicted molar refractivity (Wildman–Crippen MR) is 42.3 cm³/mol. The number of carbonyl (C=O) groups excluding carboxylic acids is 1. The Morgan fingerprint density at radius 3 is 3.09 bits per heavy atom. The molecule has 3 heteroatoms. The van der Waals surface area contributed by atoms with Gasteiger partial charge in [-0.2, -0.15) is 0 Å². The van der Waals surface area contributed by atoms with E-state index in [9.17, 15) is 4.79 Å². The molecule has 1 aliphatic rings. The molecule has 0 atom stereocenters. The van der Waals surface area contributed by atoms with Crippen LogP contribution in [0.3, 0.4) is 0 Å². The second-order valence-electron chi connectivity index (χ2n) is 2.33. The van der Waals surface area contributed by atoms with E-state index in [4.69, 9.17) is 0 Å². The van der Waals surface area contributed by atoms with Gasteiger partial charge in [0.1, 0.15) is 0 Å². The van der Waals surface area contributed by atoms with Crippen LogP contribution in [0.25, 0.3) is 0 Å². The summed E-state index contributed by atoms with van der Waals surface area (Å²) < 4.78 is 4.55. The summed E-state index contributed by atoms with van der Waals surface area (Å²) in [5.74, 6) is 0. The molecule has 0 aliphatic carbocycles. The first-order chi connectivity index (χ1) is 5.27. The predicted octanol–water partition coefficient (Wildman–Crippen LogP) is 1.18. The molecule has 3 nitrogen and oxygen atoms in total. The average Bonchev–Trinajstić information content (AvgIpc) is 2.50. The normalized spacial score (nSPS) is 16.1. The molecule has 0 aromatic carbocycles. The van der Waals surface area contributed by atoms with Crippen molar-refractivity contribution in [2.45, 2.75) is 0 Å². The minimum Gasteiger partial charge on any atom is -0.453 e. The third kappa shape index (κ3) is 1.61. The maximum atomic E-state index is 10.9. The fourth-order valence-corrected chi connectivity index (χ4v) is 0.993. The van der Waals surface area contributed by atoms with Crippen molar-refractivity contribution in [3.8, 4) is 0 Å². The van der Waals surface area contributed by atoms with E-state index in [0.717, 1.165) is 5.57 Å². The molecular formula is C8H11NO2. The molecule has 0 N–H and O–H groups in total. The molecule has 0 aromatic heterocycles. The summed E-state index contributed by atoms with van der Waals surface area (Å²) in [6.45, 7) is 4.87. The van der Waals surface area contributed by atoms with Crippen molar-refractivity contribution in [3.63, 3.8) is 0 Å². The first-order valence-corrected chi connectivity index (χ1v) is 3.42. The maximum Gasteiger partial charge on any atom is 0.410 e. The Bertz CT molecular complexity index is 208. The third-order valence-corrected chi connectivity index (χ3v) is 1.64. The zero-order valence-corrected chi connectivity index (χ0v) is 6.54. The molecule has 0 fully saturated rings. The van der Waals surface area contributed by atoms with Gasteiger partial charge in [-0.15, -0.1) is 0 Å². The minimum atomic E-state index is -0.280. The zero-order valence-electron chi connectivity index (χ0n) is 6.54. The Balaban J connectivity index is 2.47. The number of hydrogen-bond acceptors (Lipinski definition) is 2. The van der Waals surface area contributed by atoms with Crippen molar-refractivity contribution in [1.82, 2.24) is 4.90 Å². The van der Waals surface area contributed by atoms with Crippen LogP contribution in [-0.2, 0) is 4.74 Å². The summed E-state index contributed by atoms with van der Waals surface area (Å²) in [7, 11) is 1.38. The van der Waals surface area contributed by atoms with Crippen molar-refractivity contribution in [2.24, 2.45) is 0 Å². The number of hydrogen-bond donors (Lipinski definition) is 0. The lowest BCUT2D eigenvalue weighted by Gasteiger charge is -2.13. The number of ether oxygens (including phenoxy) is 1. The van der Waals surface area contributed by atoms with E-state index in [1.165, 1.54) is 7.11 Å². The van der Waals surface area contributed by atoms with Crippen molar-refractivity contribution >= 4 is 6.09 Å². The van der Waals surface area contributed by atoms with Gasteiger partial charge in [0.2, 0.25) is 0 Å². The van der Waals surface area contributed by atoms with E-state index >= 15 is 0 Å². The summed E-state index contributed by atoms with van der Waals surface area (Å²) in [5.41, 5.74) is 1.08. The fourth-order valence-electron chi connectivity index (χ4n) is 0.993. The van der Waals surface area contributed by atoms with Crippen LogP contribution in [0.5, 0.6) is 0 Å². The molecular weight excluding hydrogens is 142 g/mol. The number of rotatable bonds is 1. The van der Waals surface area contributed by atoms with Crippen LogP contribution in [0, 0.1) is 0 Å². The molecule has 0 saturated heterocycles. The van der Waals surface area contributed by atoms with Crippen molar-refractivity contribution < 1.29 is 9.53 Å². The zero-order chi connectivity index (χ0) is 8.27. The van der Waals surface area contributed by atoms with Gasteiger partial charge >= 0.3 is 6.09 Å². The van der Waals surface area contributed by atoms with E-state index in [-0.39, 0.29) is 6.09 Å². The SMILES string of the molecule is C=CC1=CCN(C(=O)OC)C1. The lowest BCUT2D eigenvalue weighted by atomic mass is 10.3. The van der Waals surface area contributed by atoms with Gasteiger partial charge in [-0.1, -0.05) is 18.7 Å². The molecule has 11 heavy (non-hydrogen) atoms. The molecule has 0 unspecified atom stereocenters. The molecule has 1 amide bonds. The quantitative estimate of drug-likeness (QED) is 0.566.